The van der Waals surface area contributed by atoms with E-state index in [1.54, 1.807) is 36.5 Å². The van der Waals surface area contributed by atoms with Crippen LogP contribution in [0.15, 0.2) is 73.1 Å². The molecular weight excluding hydrogens is 436 g/mol. The molecule has 0 unspecified atom stereocenters. The Morgan fingerprint density at radius 1 is 1.00 bits per heavy atom. The number of carbonyl (C=O) groups is 1. The first-order valence-electron chi connectivity index (χ1n) is 12.2. The summed E-state index contributed by atoms with van der Waals surface area (Å²) in [5, 5.41) is 0. The van der Waals surface area contributed by atoms with E-state index in [2.05, 4.69) is 60.7 Å². The van der Waals surface area contributed by atoms with Gasteiger partial charge in [-0.3, -0.25) is 9.78 Å². The van der Waals surface area contributed by atoms with Crippen LogP contribution in [0, 0.1) is 0 Å². The van der Waals surface area contributed by atoms with Crippen molar-refractivity contribution in [1.29, 1.82) is 0 Å². The number of aromatic nitrogens is 3. The molecule has 0 fully saturated rings. The lowest BCUT2D eigenvalue weighted by molar-refractivity contribution is 0.0779. The Balaban J connectivity index is 1.37. The smallest absolute Gasteiger partial charge is 0.255 e. The SMILES string of the molecule is CN(Cc1nc2ccccc2n1CCCCOc1ccc(C(C)(C)C)cc1)C(=O)c1cccnc1. The number of amides is 1. The summed E-state index contributed by atoms with van der Waals surface area (Å²) >= 11 is 0. The van der Waals surface area contributed by atoms with Crippen molar-refractivity contribution in [2.24, 2.45) is 0 Å². The van der Waals surface area contributed by atoms with Gasteiger partial charge in [-0.2, -0.15) is 0 Å². The predicted molar refractivity (Wildman–Crippen MR) is 140 cm³/mol. The number of benzene rings is 2. The fourth-order valence-corrected chi connectivity index (χ4v) is 4.10. The van der Waals surface area contributed by atoms with Crippen LogP contribution in [-0.4, -0.2) is 39.0 Å². The first-order valence-corrected chi connectivity index (χ1v) is 12.2. The molecule has 4 aromatic rings. The van der Waals surface area contributed by atoms with Gasteiger partial charge in [0.2, 0.25) is 0 Å². The van der Waals surface area contributed by atoms with Gasteiger partial charge in [0.05, 0.1) is 29.7 Å². The number of nitrogens with zero attached hydrogens (tertiary/aromatic N) is 4. The van der Waals surface area contributed by atoms with Crippen molar-refractivity contribution in [2.75, 3.05) is 13.7 Å². The Hall–Kier alpha value is -3.67. The van der Waals surface area contributed by atoms with Gasteiger partial charge in [0, 0.05) is 26.0 Å². The summed E-state index contributed by atoms with van der Waals surface area (Å²) in [6.07, 6.45) is 5.14. The van der Waals surface area contributed by atoms with Crippen LogP contribution >= 0.6 is 0 Å². The second-order valence-corrected chi connectivity index (χ2v) is 9.90. The Bertz CT molecular complexity index is 1260. The van der Waals surface area contributed by atoms with E-state index in [4.69, 9.17) is 9.72 Å². The molecule has 0 aliphatic carbocycles. The number of aryl methyl sites for hydroxylation is 1. The molecular formula is C29H34N4O2. The number of fused-ring (bicyclic) bond motifs is 1. The minimum absolute atomic E-state index is 0.0671. The second kappa shape index (κ2) is 10.7. The first kappa shape index (κ1) is 24.5. The highest BCUT2D eigenvalue weighted by atomic mass is 16.5. The van der Waals surface area contributed by atoms with Crippen LogP contribution in [-0.2, 0) is 18.5 Å². The van der Waals surface area contributed by atoms with Gasteiger partial charge in [0.25, 0.3) is 5.91 Å². The fourth-order valence-electron chi connectivity index (χ4n) is 4.10. The van der Waals surface area contributed by atoms with Crippen LogP contribution in [0.2, 0.25) is 0 Å². The van der Waals surface area contributed by atoms with E-state index in [-0.39, 0.29) is 11.3 Å². The van der Waals surface area contributed by atoms with Crippen LogP contribution < -0.4 is 4.74 Å². The van der Waals surface area contributed by atoms with Gasteiger partial charge < -0.3 is 14.2 Å². The molecule has 0 spiro atoms. The lowest BCUT2D eigenvalue weighted by Gasteiger charge is -2.19. The van der Waals surface area contributed by atoms with E-state index in [9.17, 15) is 4.79 Å². The molecule has 6 heteroatoms. The van der Waals surface area contributed by atoms with Crippen molar-refractivity contribution >= 4 is 16.9 Å². The third-order valence-electron chi connectivity index (χ3n) is 6.13. The Morgan fingerprint density at radius 3 is 2.49 bits per heavy atom. The quantitative estimate of drug-likeness (QED) is 0.288. The summed E-state index contributed by atoms with van der Waals surface area (Å²) in [5.74, 6) is 1.72. The number of imidazole rings is 1. The minimum Gasteiger partial charge on any atom is -0.494 e. The molecule has 1 amide bonds. The maximum absolute atomic E-state index is 12.8. The van der Waals surface area contributed by atoms with E-state index in [1.807, 2.05) is 18.2 Å². The zero-order valence-corrected chi connectivity index (χ0v) is 21.1. The van der Waals surface area contributed by atoms with E-state index in [0.717, 1.165) is 42.0 Å². The van der Waals surface area contributed by atoms with Crippen molar-refractivity contribution in [3.63, 3.8) is 0 Å². The molecule has 2 heterocycles. The van der Waals surface area contributed by atoms with Gasteiger partial charge in [-0.25, -0.2) is 4.98 Å². The van der Waals surface area contributed by atoms with E-state index in [0.29, 0.717) is 18.7 Å². The number of unbranched alkanes of at least 4 members (excludes halogenated alkanes) is 1. The molecule has 0 bridgehead atoms. The molecule has 0 saturated heterocycles. The number of carbonyl (C=O) groups excluding carboxylic acids is 1. The average Bonchev–Trinajstić information content (AvgIpc) is 3.20. The topological polar surface area (TPSA) is 60.2 Å². The van der Waals surface area contributed by atoms with Gasteiger partial charge in [0.15, 0.2) is 0 Å². The van der Waals surface area contributed by atoms with Gasteiger partial charge >= 0.3 is 0 Å². The zero-order valence-electron chi connectivity index (χ0n) is 21.1. The molecule has 4 rings (SSSR count). The third kappa shape index (κ3) is 6.07. The summed E-state index contributed by atoms with van der Waals surface area (Å²) in [4.78, 5) is 23.4. The highest BCUT2D eigenvalue weighted by molar-refractivity contribution is 5.93. The third-order valence-corrected chi connectivity index (χ3v) is 6.13. The molecule has 35 heavy (non-hydrogen) atoms. The van der Waals surface area contributed by atoms with Gasteiger partial charge in [-0.05, 0) is 60.2 Å². The average molecular weight is 471 g/mol. The molecule has 0 atom stereocenters. The van der Waals surface area contributed by atoms with Crippen LogP contribution in [0.4, 0.5) is 0 Å². The number of para-hydroxylation sites is 2. The number of hydrogen-bond donors (Lipinski definition) is 0. The summed E-state index contributed by atoms with van der Waals surface area (Å²) in [7, 11) is 1.80. The van der Waals surface area contributed by atoms with E-state index < -0.39 is 0 Å². The molecule has 0 saturated carbocycles. The highest BCUT2D eigenvalue weighted by Gasteiger charge is 2.17. The maximum atomic E-state index is 12.8. The monoisotopic (exact) mass is 470 g/mol. The highest BCUT2D eigenvalue weighted by Crippen LogP contribution is 2.24. The van der Waals surface area contributed by atoms with Crippen molar-refractivity contribution in [3.05, 3.63) is 90.0 Å². The van der Waals surface area contributed by atoms with E-state index >= 15 is 0 Å². The predicted octanol–water partition coefficient (Wildman–Crippen LogP) is 5.86. The first-order chi connectivity index (χ1) is 16.8. The van der Waals surface area contributed by atoms with Gasteiger partial charge in [-0.1, -0.05) is 45.0 Å². The second-order valence-electron chi connectivity index (χ2n) is 9.90. The summed E-state index contributed by atoms with van der Waals surface area (Å²) in [6, 6.07) is 20.1. The Kier molecular flexibility index (Phi) is 7.49. The fraction of sp³-hybridized carbons (Fsp3) is 0.345. The molecule has 2 aromatic heterocycles. The zero-order chi connectivity index (χ0) is 24.8. The molecule has 0 aliphatic rings. The molecule has 2 aromatic carbocycles. The van der Waals surface area contributed by atoms with Crippen molar-refractivity contribution in [2.45, 2.75) is 52.1 Å². The maximum Gasteiger partial charge on any atom is 0.255 e. The Morgan fingerprint density at radius 2 is 1.77 bits per heavy atom. The minimum atomic E-state index is -0.0671. The summed E-state index contributed by atoms with van der Waals surface area (Å²) in [5.41, 5.74) is 4.05. The number of rotatable bonds is 9. The van der Waals surface area contributed by atoms with Gasteiger partial charge in [-0.15, -0.1) is 0 Å². The molecule has 6 nitrogen and oxygen atoms in total. The molecule has 182 valence electrons. The van der Waals surface area contributed by atoms with E-state index in [1.165, 1.54) is 5.56 Å². The largest absolute Gasteiger partial charge is 0.494 e. The number of pyridine rings is 1. The van der Waals surface area contributed by atoms with Gasteiger partial charge in [0.1, 0.15) is 11.6 Å². The Labute approximate surface area is 207 Å². The number of hydrogen-bond acceptors (Lipinski definition) is 4. The van der Waals surface area contributed by atoms with Crippen LogP contribution in [0.5, 0.6) is 5.75 Å². The molecule has 0 N–H and O–H groups in total. The van der Waals surface area contributed by atoms with Crippen LogP contribution in [0.1, 0.15) is 55.4 Å². The summed E-state index contributed by atoms with van der Waals surface area (Å²) < 4.78 is 8.19. The molecule has 0 aliphatic heterocycles. The standard InChI is InChI=1S/C29H34N4O2/c1-29(2,3)23-13-15-24(16-14-23)35-19-8-7-18-33-26-12-6-5-11-25(26)31-27(33)21-32(4)28(34)22-10-9-17-30-20-22/h5-6,9-17,20H,7-8,18-19,21H2,1-4H3. The number of ether oxygens (including phenoxy) is 1. The van der Waals surface area contributed by atoms with Crippen molar-refractivity contribution < 1.29 is 9.53 Å². The van der Waals surface area contributed by atoms with Crippen molar-refractivity contribution in [3.8, 4) is 5.75 Å². The van der Waals surface area contributed by atoms with Crippen molar-refractivity contribution in [1.82, 2.24) is 19.4 Å². The lowest BCUT2D eigenvalue weighted by Crippen LogP contribution is -2.28. The normalized spacial score (nSPS) is 11.5. The van der Waals surface area contributed by atoms with Crippen LogP contribution in [0.3, 0.4) is 0 Å². The lowest BCUT2D eigenvalue weighted by atomic mass is 9.87. The summed E-state index contributed by atoms with van der Waals surface area (Å²) in [6.45, 7) is 8.54. The molecule has 0 radical (unpaired) electrons. The van der Waals surface area contributed by atoms with Crippen LogP contribution in [0.25, 0.3) is 11.0 Å².